The Balaban J connectivity index is 2.45. The van der Waals surface area contributed by atoms with E-state index in [9.17, 15) is 13.2 Å². The Morgan fingerprint density at radius 1 is 1.42 bits per heavy atom. The fourth-order valence-corrected chi connectivity index (χ4v) is 3.39. The number of carbonyl (C=O) groups excluding carboxylic acids is 1. The average Bonchev–Trinajstić information content (AvgIpc) is 2.99. The summed E-state index contributed by atoms with van der Waals surface area (Å²) in [6.45, 7) is 8.25. The highest BCUT2D eigenvalue weighted by atomic mass is 32.2. The summed E-state index contributed by atoms with van der Waals surface area (Å²) in [7, 11) is -3.37. The Morgan fingerprint density at radius 2 is 2.12 bits per heavy atom. The molecule has 24 heavy (non-hydrogen) atoms. The van der Waals surface area contributed by atoms with Crippen molar-refractivity contribution < 1.29 is 13.2 Å². The zero-order valence-corrected chi connectivity index (χ0v) is 14.9. The van der Waals surface area contributed by atoms with Gasteiger partial charge in [0.2, 0.25) is 0 Å². The van der Waals surface area contributed by atoms with Crippen LogP contribution in [0.3, 0.4) is 0 Å². The lowest BCUT2D eigenvalue weighted by molar-refractivity contribution is -0.114. The van der Waals surface area contributed by atoms with Crippen molar-refractivity contribution in [2.45, 2.75) is 31.8 Å². The average molecular weight is 347 g/mol. The molecule has 128 valence electrons. The van der Waals surface area contributed by atoms with E-state index in [-0.39, 0.29) is 17.3 Å². The van der Waals surface area contributed by atoms with Crippen molar-refractivity contribution in [1.29, 1.82) is 0 Å². The van der Waals surface area contributed by atoms with Crippen LogP contribution in [0.5, 0.6) is 0 Å². The van der Waals surface area contributed by atoms with Gasteiger partial charge in [-0.1, -0.05) is 12.6 Å². The molecule has 0 bridgehead atoms. The molecular formula is C17H21N3O3S. The van der Waals surface area contributed by atoms with Crippen LogP contribution in [0.25, 0.3) is 0 Å². The summed E-state index contributed by atoms with van der Waals surface area (Å²) in [4.78, 5) is 14.0. The Labute approximate surface area is 142 Å². The maximum atomic E-state index is 12.3. The Kier molecular flexibility index (Phi) is 5.23. The number of anilines is 1. The van der Waals surface area contributed by atoms with E-state index >= 15 is 0 Å². The number of hydrogen-bond acceptors (Lipinski definition) is 4. The van der Waals surface area contributed by atoms with Gasteiger partial charge in [-0.2, -0.15) is 5.10 Å². The monoisotopic (exact) mass is 347 g/mol. The highest BCUT2D eigenvalue weighted by Crippen LogP contribution is 2.24. The summed E-state index contributed by atoms with van der Waals surface area (Å²) in [6, 6.07) is 4.95. The number of rotatable bonds is 6. The first kappa shape index (κ1) is 17.9. The molecule has 0 saturated heterocycles. The molecule has 1 amide bonds. The van der Waals surface area contributed by atoms with Gasteiger partial charge in [0.1, 0.15) is 0 Å². The summed E-state index contributed by atoms with van der Waals surface area (Å²) in [6.07, 6.45) is 5.92. The summed E-state index contributed by atoms with van der Waals surface area (Å²) < 4.78 is 25.6. The second-order valence-electron chi connectivity index (χ2n) is 5.55. The van der Waals surface area contributed by atoms with E-state index in [2.05, 4.69) is 11.7 Å². The molecule has 0 atom stereocenters. The van der Waals surface area contributed by atoms with Crippen LogP contribution in [-0.4, -0.2) is 30.4 Å². The molecule has 0 unspecified atom stereocenters. The standard InChI is InChI=1S/C17H21N3O3S/c1-5-17(21)20(12-14-10-18-19(6-2)11-14)15-8-7-13(3)16(9-15)24(4,22)23/h5,7-11H,1,6,12H2,2-4H3. The fourth-order valence-electron chi connectivity index (χ4n) is 2.41. The van der Waals surface area contributed by atoms with Gasteiger partial charge in [-0.3, -0.25) is 9.48 Å². The van der Waals surface area contributed by atoms with Crippen LogP contribution in [-0.2, 0) is 27.7 Å². The Hall–Kier alpha value is -2.41. The van der Waals surface area contributed by atoms with Crippen molar-refractivity contribution in [3.63, 3.8) is 0 Å². The number of sulfone groups is 1. The van der Waals surface area contributed by atoms with Crippen molar-refractivity contribution in [3.05, 3.63) is 54.4 Å². The second-order valence-corrected chi connectivity index (χ2v) is 7.54. The molecule has 0 radical (unpaired) electrons. The third kappa shape index (κ3) is 3.91. The summed E-state index contributed by atoms with van der Waals surface area (Å²) in [5.41, 5.74) is 2.01. The minimum atomic E-state index is -3.37. The van der Waals surface area contributed by atoms with E-state index in [1.165, 1.54) is 17.0 Å². The number of carbonyl (C=O) groups is 1. The molecular weight excluding hydrogens is 326 g/mol. The molecule has 2 aromatic rings. The van der Waals surface area contributed by atoms with Gasteiger partial charge in [0.05, 0.1) is 17.6 Å². The molecule has 0 saturated carbocycles. The molecule has 1 heterocycles. The van der Waals surface area contributed by atoms with E-state index in [0.29, 0.717) is 11.3 Å². The molecule has 0 aliphatic heterocycles. The van der Waals surface area contributed by atoms with Crippen LogP contribution in [0, 0.1) is 6.92 Å². The lowest BCUT2D eigenvalue weighted by atomic mass is 10.2. The molecule has 0 aliphatic carbocycles. The quantitative estimate of drug-likeness (QED) is 0.752. The molecule has 6 nitrogen and oxygen atoms in total. The van der Waals surface area contributed by atoms with Crippen molar-refractivity contribution >= 4 is 21.4 Å². The lowest BCUT2D eigenvalue weighted by Crippen LogP contribution is -2.28. The van der Waals surface area contributed by atoms with Crippen LogP contribution >= 0.6 is 0 Å². The van der Waals surface area contributed by atoms with Gasteiger partial charge in [-0.05, 0) is 37.6 Å². The molecule has 7 heteroatoms. The van der Waals surface area contributed by atoms with E-state index in [1.54, 1.807) is 29.9 Å². The van der Waals surface area contributed by atoms with Gasteiger partial charge in [-0.25, -0.2) is 8.42 Å². The van der Waals surface area contributed by atoms with Crippen LogP contribution in [0.1, 0.15) is 18.1 Å². The van der Waals surface area contributed by atoms with E-state index in [4.69, 9.17) is 0 Å². The van der Waals surface area contributed by atoms with E-state index < -0.39 is 9.84 Å². The zero-order chi connectivity index (χ0) is 17.9. The highest BCUT2D eigenvalue weighted by Gasteiger charge is 2.18. The first-order chi connectivity index (χ1) is 11.3. The predicted molar refractivity (Wildman–Crippen MR) is 93.6 cm³/mol. The first-order valence-electron chi connectivity index (χ1n) is 7.52. The number of amides is 1. The van der Waals surface area contributed by atoms with Crippen LogP contribution in [0.15, 0.2) is 48.1 Å². The first-order valence-corrected chi connectivity index (χ1v) is 9.41. The summed E-state index contributed by atoms with van der Waals surface area (Å²) in [5.74, 6) is -0.303. The van der Waals surface area contributed by atoms with Crippen molar-refractivity contribution in [1.82, 2.24) is 9.78 Å². The van der Waals surface area contributed by atoms with Crippen molar-refractivity contribution in [2.24, 2.45) is 0 Å². The van der Waals surface area contributed by atoms with Crippen LogP contribution in [0.2, 0.25) is 0 Å². The van der Waals surface area contributed by atoms with Gasteiger partial charge in [-0.15, -0.1) is 0 Å². The molecule has 0 N–H and O–H groups in total. The Morgan fingerprint density at radius 3 is 2.67 bits per heavy atom. The molecule has 2 rings (SSSR count). The molecule has 0 aliphatic rings. The smallest absolute Gasteiger partial charge is 0.250 e. The van der Waals surface area contributed by atoms with Crippen LogP contribution in [0.4, 0.5) is 5.69 Å². The molecule has 1 aromatic carbocycles. The van der Waals surface area contributed by atoms with Gasteiger partial charge >= 0.3 is 0 Å². The minimum absolute atomic E-state index is 0.214. The predicted octanol–water partition coefficient (Wildman–Crippen LogP) is 2.33. The number of aromatic nitrogens is 2. The second kappa shape index (κ2) is 7.00. The topological polar surface area (TPSA) is 72.3 Å². The zero-order valence-electron chi connectivity index (χ0n) is 14.1. The van der Waals surface area contributed by atoms with Gasteiger partial charge in [0, 0.05) is 30.2 Å². The number of hydrogen-bond donors (Lipinski definition) is 0. The fraction of sp³-hybridized carbons (Fsp3) is 0.294. The number of aryl methyl sites for hydroxylation is 2. The van der Waals surface area contributed by atoms with Gasteiger partial charge in [0.25, 0.3) is 5.91 Å². The van der Waals surface area contributed by atoms with E-state index in [1.807, 2.05) is 13.1 Å². The third-order valence-electron chi connectivity index (χ3n) is 3.67. The summed E-state index contributed by atoms with van der Waals surface area (Å²) in [5, 5.41) is 4.19. The lowest BCUT2D eigenvalue weighted by Gasteiger charge is -2.22. The summed E-state index contributed by atoms with van der Waals surface area (Å²) >= 11 is 0. The maximum Gasteiger partial charge on any atom is 0.250 e. The Bertz CT molecular complexity index is 869. The molecule has 1 aromatic heterocycles. The van der Waals surface area contributed by atoms with Crippen LogP contribution < -0.4 is 4.90 Å². The third-order valence-corrected chi connectivity index (χ3v) is 4.91. The highest BCUT2D eigenvalue weighted by molar-refractivity contribution is 7.90. The van der Waals surface area contributed by atoms with Crippen molar-refractivity contribution in [3.8, 4) is 0 Å². The number of nitrogens with zero attached hydrogens (tertiary/aromatic N) is 3. The maximum absolute atomic E-state index is 12.3. The van der Waals surface area contributed by atoms with Crippen molar-refractivity contribution in [2.75, 3.05) is 11.2 Å². The SMILES string of the molecule is C=CC(=O)N(Cc1cnn(CC)c1)c1ccc(C)c(S(C)(=O)=O)c1. The van der Waals surface area contributed by atoms with E-state index in [0.717, 1.165) is 18.4 Å². The van der Waals surface area contributed by atoms with Gasteiger partial charge in [0.15, 0.2) is 9.84 Å². The van der Waals surface area contributed by atoms with Gasteiger partial charge < -0.3 is 4.90 Å². The minimum Gasteiger partial charge on any atom is -0.304 e. The number of benzene rings is 1. The molecule has 0 fully saturated rings. The molecule has 0 spiro atoms. The largest absolute Gasteiger partial charge is 0.304 e. The normalized spacial score (nSPS) is 11.3.